The fourth-order valence-corrected chi connectivity index (χ4v) is 3.78. The number of aromatic nitrogens is 5. The molecule has 0 fully saturated rings. The number of benzene rings is 2. The van der Waals surface area contributed by atoms with Gasteiger partial charge in [-0.2, -0.15) is 0 Å². The fourth-order valence-electron chi connectivity index (χ4n) is 3.78. The average Bonchev–Trinajstić information content (AvgIpc) is 3.10. The first-order chi connectivity index (χ1) is 15.0. The first kappa shape index (κ1) is 20.7. The molecule has 0 aliphatic carbocycles. The van der Waals surface area contributed by atoms with Crippen LogP contribution in [-0.2, 0) is 18.4 Å². The highest BCUT2D eigenvalue weighted by molar-refractivity contribution is 5.78. The van der Waals surface area contributed by atoms with Crippen molar-refractivity contribution < 1.29 is 4.79 Å². The van der Waals surface area contributed by atoms with Gasteiger partial charge in [0.05, 0.1) is 22.5 Å². The van der Waals surface area contributed by atoms with Crippen LogP contribution in [0.25, 0.3) is 21.9 Å². The molecule has 0 spiro atoms. The van der Waals surface area contributed by atoms with E-state index in [9.17, 15) is 9.59 Å². The molecular formula is C23H26N6O2. The second kappa shape index (κ2) is 8.67. The van der Waals surface area contributed by atoms with E-state index in [-0.39, 0.29) is 29.8 Å². The highest BCUT2D eigenvalue weighted by Gasteiger charge is 2.23. The van der Waals surface area contributed by atoms with Crippen LogP contribution in [0.2, 0.25) is 0 Å². The number of carbonyl (C=O) groups is 1. The van der Waals surface area contributed by atoms with E-state index in [2.05, 4.69) is 29.5 Å². The Bertz CT molecular complexity index is 1290. The van der Waals surface area contributed by atoms with E-state index in [0.29, 0.717) is 23.9 Å². The van der Waals surface area contributed by atoms with E-state index in [1.807, 2.05) is 41.9 Å². The van der Waals surface area contributed by atoms with Crippen molar-refractivity contribution in [3.63, 3.8) is 0 Å². The predicted octanol–water partition coefficient (Wildman–Crippen LogP) is 2.97. The number of para-hydroxylation sites is 2. The van der Waals surface area contributed by atoms with Crippen molar-refractivity contribution in [1.82, 2.24) is 29.9 Å². The number of hydrogen-bond acceptors (Lipinski definition) is 5. The highest BCUT2D eigenvalue weighted by Crippen LogP contribution is 2.24. The average molecular weight is 419 g/mol. The Hall–Kier alpha value is -3.55. The molecule has 160 valence electrons. The zero-order valence-corrected chi connectivity index (χ0v) is 17.9. The lowest BCUT2D eigenvalue weighted by molar-refractivity contribution is -0.122. The number of imidazole rings is 1. The molecule has 1 N–H and O–H groups in total. The lowest BCUT2D eigenvalue weighted by atomic mass is 10.0. The van der Waals surface area contributed by atoms with Crippen LogP contribution in [0.4, 0.5) is 0 Å². The summed E-state index contributed by atoms with van der Waals surface area (Å²) in [4.78, 5) is 29.9. The molecule has 4 aromatic rings. The van der Waals surface area contributed by atoms with E-state index >= 15 is 0 Å². The SMILES string of the molecule is CC(C)[C@H](NC(=O)CCCn1nnc2ccccc2c1=O)c1nc2ccccc2n1C. The summed E-state index contributed by atoms with van der Waals surface area (Å²) in [5.74, 6) is 0.933. The molecule has 0 radical (unpaired) electrons. The van der Waals surface area contributed by atoms with Gasteiger partial charge in [-0.1, -0.05) is 43.3 Å². The number of amides is 1. The number of hydrogen-bond donors (Lipinski definition) is 1. The molecule has 2 aromatic carbocycles. The lowest BCUT2D eigenvalue weighted by Crippen LogP contribution is -2.33. The van der Waals surface area contributed by atoms with E-state index < -0.39 is 0 Å². The molecule has 8 nitrogen and oxygen atoms in total. The minimum Gasteiger partial charge on any atom is -0.346 e. The molecule has 1 atom stereocenters. The maximum absolute atomic E-state index is 12.7. The number of rotatable bonds is 7. The van der Waals surface area contributed by atoms with Gasteiger partial charge in [0.25, 0.3) is 5.56 Å². The molecular weight excluding hydrogens is 392 g/mol. The maximum Gasteiger partial charge on any atom is 0.277 e. The van der Waals surface area contributed by atoms with Crippen LogP contribution in [0.15, 0.2) is 53.3 Å². The summed E-state index contributed by atoms with van der Waals surface area (Å²) in [6.07, 6.45) is 0.778. The molecule has 0 aliphatic heterocycles. The largest absolute Gasteiger partial charge is 0.346 e. The predicted molar refractivity (Wildman–Crippen MR) is 119 cm³/mol. The topological polar surface area (TPSA) is 94.7 Å². The molecule has 2 heterocycles. The van der Waals surface area contributed by atoms with Gasteiger partial charge >= 0.3 is 0 Å². The normalized spacial score (nSPS) is 12.5. The van der Waals surface area contributed by atoms with Gasteiger partial charge in [0.2, 0.25) is 5.91 Å². The Morgan fingerprint density at radius 3 is 2.52 bits per heavy atom. The van der Waals surface area contributed by atoms with Crippen molar-refractivity contribution in [2.75, 3.05) is 0 Å². The first-order valence-electron chi connectivity index (χ1n) is 10.5. The number of aryl methyl sites for hydroxylation is 2. The summed E-state index contributed by atoms with van der Waals surface area (Å²) in [6, 6.07) is 14.8. The molecule has 0 bridgehead atoms. The van der Waals surface area contributed by atoms with Gasteiger partial charge in [-0.15, -0.1) is 5.10 Å². The molecule has 2 aromatic heterocycles. The molecule has 4 rings (SSSR count). The van der Waals surface area contributed by atoms with E-state index in [1.165, 1.54) is 4.68 Å². The summed E-state index contributed by atoms with van der Waals surface area (Å²) >= 11 is 0. The maximum atomic E-state index is 12.7. The Balaban J connectivity index is 1.43. The Labute approximate surface area is 179 Å². The van der Waals surface area contributed by atoms with Gasteiger partial charge in [0, 0.05) is 20.0 Å². The van der Waals surface area contributed by atoms with Crippen LogP contribution < -0.4 is 10.9 Å². The molecule has 1 amide bonds. The van der Waals surface area contributed by atoms with Gasteiger partial charge in [-0.3, -0.25) is 9.59 Å². The standard InChI is InChI=1S/C23H26N6O2/c1-15(2)21(22-24-18-11-6-7-12-19(18)28(22)3)25-20(30)13-8-14-29-23(31)16-9-4-5-10-17(16)26-27-29/h4-7,9-12,15,21H,8,13-14H2,1-3H3,(H,25,30)/t21-/m0/s1. The van der Waals surface area contributed by atoms with Crippen LogP contribution in [-0.4, -0.2) is 30.5 Å². The molecule has 8 heteroatoms. The molecule has 31 heavy (non-hydrogen) atoms. The highest BCUT2D eigenvalue weighted by atomic mass is 16.1. The zero-order valence-electron chi connectivity index (χ0n) is 17.9. The third-order valence-electron chi connectivity index (χ3n) is 5.49. The molecule has 0 aliphatic rings. The van der Waals surface area contributed by atoms with Gasteiger partial charge < -0.3 is 9.88 Å². The second-order valence-corrected chi connectivity index (χ2v) is 8.05. The van der Waals surface area contributed by atoms with Crippen LogP contribution in [0.3, 0.4) is 0 Å². The van der Waals surface area contributed by atoms with Gasteiger partial charge in [0.1, 0.15) is 11.3 Å². The summed E-state index contributed by atoms with van der Waals surface area (Å²) in [5.41, 5.74) is 2.33. The van der Waals surface area contributed by atoms with Crippen molar-refractivity contribution in [3.05, 3.63) is 64.7 Å². The van der Waals surface area contributed by atoms with Crippen LogP contribution in [0.1, 0.15) is 38.6 Å². The Kier molecular flexibility index (Phi) is 5.79. The number of nitrogens with one attached hydrogen (secondary N) is 1. The first-order valence-corrected chi connectivity index (χ1v) is 10.5. The number of nitrogens with zero attached hydrogens (tertiary/aromatic N) is 5. The monoisotopic (exact) mass is 418 g/mol. The van der Waals surface area contributed by atoms with Gasteiger partial charge in [-0.25, -0.2) is 9.67 Å². The van der Waals surface area contributed by atoms with E-state index in [1.54, 1.807) is 18.2 Å². The van der Waals surface area contributed by atoms with Gasteiger partial charge in [0.15, 0.2) is 0 Å². The third kappa shape index (κ3) is 4.19. The van der Waals surface area contributed by atoms with Crippen molar-refractivity contribution in [3.8, 4) is 0 Å². The minimum atomic E-state index is -0.201. The molecule has 0 saturated carbocycles. The Morgan fingerprint density at radius 2 is 1.77 bits per heavy atom. The van der Waals surface area contributed by atoms with Crippen molar-refractivity contribution >= 4 is 27.8 Å². The zero-order chi connectivity index (χ0) is 22.0. The summed E-state index contributed by atoms with van der Waals surface area (Å²) < 4.78 is 3.35. The van der Waals surface area contributed by atoms with Crippen LogP contribution in [0.5, 0.6) is 0 Å². The Morgan fingerprint density at radius 1 is 1.06 bits per heavy atom. The summed E-state index contributed by atoms with van der Waals surface area (Å²) in [6.45, 7) is 4.46. The van der Waals surface area contributed by atoms with E-state index in [4.69, 9.17) is 4.98 Å². The number of fused-ring (bicyclic) bond motifs is 2. The molecule has 0 saturated heterocycles. The van der Waals surface area contributed by atoms with Crippen molar-refractivity contribution in [2.45, 2.75) is 39.3 Å². The van der Waals surface area contributed by atoms with Gasteiger partial charge in [-0.05, 0) is 36.6 Å². The van der Waals surface area contributed by atoms with Crippen molar-refractivity contribution in [1.29, 1.82) is 0 Å². The summed E-state index contributed by atoms with van der Waals surface area (Å²) in [5, 5.41) is 11.7. The number of carbonyl (C=O) groups excluding carboxylic acids is 1. The minimum absolute atomic E-state index is 0.0763. The van der Waals surface area contributed by atoms with Crippen LogP contribution >= 0.6 is 0 Å². The summed E-state index contributed by atoms with van der Waals surface area (Å²) in [7, 11) is 1.97. The molecule has 0 unspecified atom stereocenters. The fraction of sp³-hybridized carbons (Fsp3) is 0.348. The smallest absolute Gasteiger partial charge is 0.277 e. The lowest BCUT2D eigenvalue weighted by Gasteiger charge is -2.22. The third-order valence-corrected chi connectivity index (χ3v) is 5.49. The van der Waals surface area contributed by atoms with Crippen LogP contribution in [0, 0.1) is 5.92 Å². The quantitative estimate of drug-likeness (QED) is 0.498. The van der Waals surface area contributed by atoms with Crippen molar-refractivity contribution in [2.24, 2.45) is 13.0 Å². The second-order valence-electron chi connectivity index (χ2n) is 8.05. The van der Waals surface area contributed by atoms with E-state index in [0.717, 1.165) is 16.9 Å².